The molecular weight excluding hydrogens is 167 g/mol. The molecule has 5 heteroatoms. The Morgan fingerprint density at radius 1 is 1.45 bits per heavy atom. The van der Waals surface area contributed by atoms with Gasteiger partial charge in [-0.3, -0.25) is 9.36 Å². The van der Waals surface area contributed by atoms with E-state index in [2.05, 4.69) is 0 Å². The molecule has 0 saturated carbocycles. The normalized spacial score (nSPS) is 13.2. The quantitative estimate of drug-likeness (QED) is 0.633. The van der Waals surface area contributed by atoms with Gasteiger partial charge in [0, 0.05) is 6.42 Å². The van der Waals surface area contributed by atoms with E-state index in [1.54, 1.807) is 0 Å². The van der Waals surface area contributed by atoms with Crippen molar-refractivity contribution in [2.75, 3.05) is 0 Å². The Bertz CT molecular complexity index is 203. The van der Waals surface area contributed by atoms with E-state index in [1.165, 1.54) is 20.8 Å². The molecule has 0 aliphatic rings. The lowest BCUT2D eigenvalue weighted by Crippen LogP contribution is -2.23. The summed E-state index contributed by atoms with van der Waals surface area (Å²) in [4.78, 5) is 28.1. The summed E-state index contributed by atoms with van der Waals surface area (Å²) in [5, 5.41) is -1.22. The third-order valence-electron chi connectivity index (χ3n) is 1.47. The average molecular weight is 180 g/mol. The predicted octanol–water partition coefficient (Wildman–Crippen LogP) is 0.922. The Hall–Kier alpha value is -0.180. The SMILES string of the molecule is CC(=O)CC(C)(C)P(=O)(O)O. The molecule has 0 fully saturated rings. The Morgan fingerprint density at radius 3 is 1.91 bits per heavy atom. The van der Waals surface area contributed by atoms with Gasteiger partial charge in [0.2, 0.25) is 0 Å². The lowest BCUT2D eigenvalue weighted by molar-refractivity contribution is -0.117. The summed E-state index contributed by atoms with van der Waals surface area (Å²) in [5.74, 6) is -0.210. The molecule has 2 N–H and O–H groups in total. The molecular formula is C6H13O4P. The fourth-order valence-electron chi connectivity index (χ4n) is 0.712. The van der Waals surface area contributed by atoms with Crippen molar-refractivity contribution in [3.05, 3.63) is 0 Å². The van der Waals surface area contributed by atoms with E-state index >= 15 is 0 Å². The molecule has 4 nitrogen and oxygen atoms in total. The van der Waals surface area contributed by atoms with Gasteiger partial charge in [0.25, 0.3) is 0 Å². The summed E-state index contributed by atoms with van der Waals surface area (Å²) in [6.45, 7) is 4.09. The molecule has 0 aromatic rings. The van der Waals surface area contributed by atoms with Gasteiger partial charge in [0.15, 0.2) is 0 Å². The van der Waals surface area contributed by atoms with Gasteiger partial charge in [-0.15, -0.1) is 0 Å². The largest absolute Gasteiger partial charge is 0.331 e. The summed E-state index contributed by atoms with van der Waals surface area (Å²) in [6, 6.07) is 0. The molecule has 0 spiro atoms. The number of Topliss-reactive ketones (excluding diaryl/α,β-unsaturated/α-hetero) is 1. The second-order valence-corrected chi connectivity index (χ2v) is 5.53. The Labute approximate surface area is 65.8 Å². The molecule has 0 aromatic carbocycles. The first-order chi connectivity index (χ1) is 4.67. The highest BCUT2D eigenvalue weighted by atomic mass is 31.2. The van der Waals surface area contributed by atoms with Crippen molar-refractivity contribution < 1.29 is 19.1 Å². The first-order valence-electron chi connectivity index (χ1n) is 3.22. The lowest BCUT2D eigenvalue weighted by Gasteiger charge is -2.23. The van der Waals surface area contributed by atoms with Crippen molar-refractivity contribution >= 4 is 13.4 Å². The Balaban J connectivity index is 4.48. The van der Waals surface area contributed by atoms with Crippen LogP contribution in [-0.4, -0.2) is 20.7 Å². The molecule has 0 bridgehead atoms. The van der Waals surface area contributed by atoms with Crippen molar-refractivity contribution in [2.45, 2.75) is 32.3 Å². The third kappa shape index (κ3) is 3.14. The monoisotopic (exact) mass is 180 g/mol. The van der Waals surface area contributed by atoms with Gasteiger partial charge >= 0.3 is 7.60 Å². The molecule has 0 atom stereocenters. The minimum atomic E-state index is -4.14. The molecule has 0 saturated heterocycles. The molecule has 0 heterocycles. The molecule has 66 valence electrons. The molecule has 0 amide bonds. The van der Waals surface area contributed by atoms with Gasteiger partial charge < -0.3 is 9.79 Å². The smallest absolute Gasteiger partial charge is 0.324 e. The van der Waals surface area contributed by atoms with Crippen molar-refractivity contribution in [1.82, 2.24) is 0 Å². The predicted molar refractivity (Wildman–Crippen MR) is 41.4 cm³/mol. The van der Waals surface area contributed by atoms with Crippen LogP contribution in [0.2, 0.25) is 0 Å². The molecule has 0 aliphatic carbocycles. The molecule has 0 aromatic heterocycles. The van der Waals surface area contributed by atoms with Crippen LogP contribution in [0.4, 0.5) is 0 Å². The minimum Gasteiger partial charge on any atom is -0.324 e. The first kappa shape index (κ1) is 10.8. The summed E-state index contributed by atoms with van der Waals surface area (Å²) in [5.41, 5.74) is 0. The van der Waals surface area contributed by atoms with E-state index in [4.69, 9.17) is 9.79 Å². The van der Waals surface area contributed by atoms with Gasteiger partial charge in [-0.05, 0) is 20.8 Å². The standard InChI is InChI=1S/C6H13O4P/c1-5(7)4-6(2,3)11(8,9)10/h4H2,1-3H3,(H2,8,9,10). The van der Waals surface area contributed by atoms with Gasteiger partial charge in [-0.1, -0.05) is 0 Å². The number of carbonyl (C=O) groups excluding carboxylic acids is 1. The van der Waals surface area contributed by atoms with Crippen molar-refractivity contribution in [2.24, 2.45) is 0 Å². The van der Waals surface area contributed by atoms with Crippen LogP contribution in [0, 0.1) is 0 Å². The zero-order chi connectivity index (χ0) is 9.28. The zero-order valence-corrected chi connectivity index (χ0v) is 7.76. The van der Waals surface area contributed by atoms with Gasteiger partial charge in [0.05, 0.1) is 5.16 Å². The molecule has 0 radical (unpaired) electrons. The number of hydrogen-bond donors (Lipinski definition) is 2. The summed E-state index contributed by atoms with van der Waals surface area (Å²) < 4.78 is 10.7. The van der Waals surface area contributed by atoms with Crippen LogP contribution in [0.25, 0.3) is 0 Å². The van der Waals surface area contributed by atoms with Crippen LogP contribution in [-0.2, 0) is 9.36 Å². The van der Waals surface area contributed by atoms with Crippen molar-refractivity contribution in [3.63, 3.8) is 0 Å². The van der Waals surface area contributed by atoms with Crippen LogP contribution >= 0.6 is 7.60 Å². The van der Waals surface area contributed by atoms with Gasteiger partial charge in [0.1, 0.15) is 5.78 Å². The number of ketones is 1. The Morgan fingerprint density at radius 2 is 1.82 bits per heavy atom. The highest BCUT2D eigenvalue weighted by Crippen LogP contribution is 2.51. The van der Waals surface area contributed by atoms with Crippen LogP contribution in [0.3, 0.4) is 0 Å². The van der Waals surface area contributed by atoms with Crippen LogP contribution < -0.4 is 0 Å². The summed E-state index contributed by atoms with van der Waals surface area (Å²) in [7, 11) is -4.14. The van der Waals surface area contributed by atoms with E-state index in [0.717, 1.165) is 0 Å². The fraction of sp³-hybridized carbons (Fsp3) is 0.833. The second kappa shape index (κ2) is 3.05. The maximum absolute atomic E-state index is 10.7. The average Bonchev–Trinajstić information content (AvgIpc) is 1.56. The molecule has 0 aliphatic heterocycles. The van der Waals surface area contributed by atoms with Crippen molar-refractivity contribution in [1.29, 1.82) is 0 Å². The number of hydrogen-bond acceptors (Lipinski definition) is 2. The topological polar surface area (TPSA) is 74.6 Å². The highest BCUT2D eigenvalue weighted by Gasteiger charge is 2.38. The molecule has 0 unspecified atom stereocenters. The van der Waals surface area contributed by atoms with E-state index in [0.29, 0.717) is 0 Å². The van der Waals surface area contributed by atoms with Crippen LogP contribution in [0.15, 0.2) is 0 Å². The van der Waals surface area contributed by atoms with E-state index in [9.17, 15) is 9.36 Å². The maximum Gasteiger partial charge on any atom is 0.331 e. The van der Waals surface area contributed by atoms with E-state index in [-0.39, 0.29) is 12.2 Å². The van der Waals surface area contributed by atoms with E-state index < -0.39 is 12.8 Å². The van der Waals surface area contributed by atoms with E-state index in [1.807, 2.05) is 0 Å². The van der Waals surface area contributed by atoms with Crippen molar-refractivity contribution in [3.8, 4) is 0 Å². The first-order valence-corrected chi connectivity index (χ1v) is 4.83. The number of rotatable bonds is 3. The van der Waals surface area contributed by atoms with Crippen LogP contribution in [0.1, 0.15) is 27.2 Å². The van der Waals surface area contributed by atoms with Gasteiger partial charge in [-0.2, -0.15) is 0 Å². The Kier molecular flexibility index (Phi) is 3.00. The van der Waals surface area contributed by atoms with Crippen LogP contribution in [0.5, 0.6) is 0 Å². The molecule has 11 heavy (non-hydrogen) atoms. The summed E-state index contributed by atoms with van der Waals surface area (Å²) >= 11 is 0. The number of carbonyl (C=O) groups is 1. The second-order valence-electron chi connectivity index (χ2n) is 3.24. The highest BCUT2D eigenvalue weighted by molar-refractivity contribution is 7.53. The summed E-state index contributed by atoms with van der Waals surface area (Å²) in [6.07, 6.45) is -0.0860. The minimum absolute atomic E-state index is 0.0860. The zero-order valence-electron chi connectivity index (χ0n) is 6.87. The third-order valence-corrected chi connectivity index (χ3v) is 3.21. The lowest BCUT2D eigenvalue weighted by atomic mass is 10.1. The fourth-order valence-corrected chi connectivity index (χ4v) is 1.14. The molecule has 0 rings (SSSR count). The maximum atomic E-state index is 10.7. The van der Waals surface area contributed by atoms with Gasteiger partial charge in [-0.25, -0.2) is 0 Å².